The molecule has 0 saturated carbocycles. The number of likely N-dealkylation sites (N-methyl/N-ethyl adjacent to an activating group) is 1. The summed E-state index contributed by atoms with van der Waals surface area (Å²) in [6.07, 6.45) is 0. The molecule has 0 aliphatic carbocycles. The maximum absolute atomic E-state index is 11.9. The van der Waals surface area contributed by atoms with Crippen LogP contribution in [0.3, 0.4) is 0 Å². The van der Waals surface area contributed by atoms with E-state index in [-0.39, 0.29) is 12.5 Å². The molecule has 0 heterocycles. The number of para-hydroxylation sites is 2. The molecule has 0 aliphatic rings. The number of carboxylic acid groups (broad SMARTS) is 1. The lowest BCUT2D eigenvalue weighted by Gasteiger charge is -2.18. The minimum Gasteiger partial charge on any atom is -0.495 e. The number of nitrogens with one attached hydrogen (secondary N) is 1. The lowest BCUT2D eigenvalue weighted by molar-refractivity contribution is -0.141. The summed E-state index contributed by atoms with van der Waals surface area (Å²) in [6.45, 7) is 2.04. The van der Waals surface area contributed by atoms with Crippen LogP contribution in [0.15, 0.2) is 24.3 Å². The largest absolute Gasteiger partial charge is 0.495 e. The van der Waals surface area contributed by atoms with Crippen molar-refractivity contribution in [2.24, 2.45) is 5.92 Å². The van der Waals surface area contributed by atoms with Crippen molar-refractivity contribution < 1.29 is 19.4 Å². The Balaban J connectivity index is 2.53. The molecule has 6 nitrogen and oxygen atoms in total. The zero-order valence-corrected chi connectivity index (χ0v) is 11.9. The number of hydrogen-bond donors (Lipinski definition) is 2. The average molecular weight is 280 g/mol. The molecular weight excluding hydrogens is 260 g/mol. The van der Waals surface area contributed by atoms with Crippen molar-refractivity contribution in [2.75, 3.05) is 32.6 Å². The third kappa shape index (κ3) is 4.89. The van der Waals surface area contributed by atoms with Crippen molar-refractivity contribution in [1.82, 2.24) is 4.90 Å². The highest BCUT2D eigenvalue weighted by atomic mass is 16.5. The number of aliphatic carboxylic acids is 1. The van der Waals surface area contributed by atoms with Crippen molar-refractivity contribution in [1.29, 1.82) is 0 Å². The van der Waals surface area contributed by atoms with Gasteiger partial charge in [-0.3, -0.25) is 14.5 Å². The van der Waals surface area contributed by atoms with Crippen molar-refractivity contribution in [3.63, 3.8) is 0 Å². The first kappa shape index (κ1) is 16.0. The topological polar surface area (TPSA) is 78.9 Å². The molecule has 0 aliphatic heterocycles. The minimum absolute atomic E-state index is 0.121. The summed E-state index contributed by atoms with van der Waals surface area (Å²) in [7, 11) is 3.24. The number of carboxylic acids is 1. The normalized spacial score (nSPS) is 12.0. The van der Waals surface area contributed by atoms with E-state index in [0.717, 1.165) is 0 Å². The van der Waals surface area contributed by atoms with Crippen LogP contribution in [0.5, 0.6) is 5.75 Å². The van der Waals surface area contributed by atoms with Gasteiger partial charge < -0.3 is 15.2 Å². The summed E-state index contributed by atoms with van der Waals surface area (Å²) in [5.41, 5.74) is 0.597. The van der Waals surface area contributed by atoms with Gasteiger partial charge in [-0.1, -0.05) is 19.1 Å². The first-order valence-electron chi connectivity index (χ1n) is 6.28. The molecule has 1 unspecified atom stereocenters. The molecule has 0 fully saturated rings. The van der Waals surface area contributed by atoms with Gasteiger partial charge in [-0.05, 0) is 19.2 Å². The Morgan fingerprint density at radius 2 is 2.05 bits per heavy atom. The van der Waals surface area contributed by atoms with Crippen LogP contribution in [-0.2, 0) is 9.59 Å². The minimum atomic E-state index is -0.873. The third-order valence-electron chi connectivity index (χ3n) is 2.80. The van der Waals surface area contributed by atoms with Crippen LogP contribution in [0.25, 0.3) is 0 Å². The number of rotatable bonds is 7. The first-order chi connectivity index (χ1) is 9.43. The zero-order chi connectivity index (χ0) is 15.1. The number of carbonyl (C=O) groups is 2. The van der Waals surface area contributed by atoms with E-state index in [9.17, 15) is 9.59 Å². The van der Waals surface area contributed by atoms with Crippen LogP contribution in [0.4, 0.5) is 5.69 Å². The molecule has 20 heavy (non-hydrogen) atoms. The van der Waals surface area contributed by atoms with Crippen LogP contribution < -0.4 is 10.1 Å². The summed E-state index contributed by atoms with van der Waals surface area (Å²) in [5, 5.41) is 11.6. The van der Waals surface area contributed by atoms with Crippen molar-refractivity contribution in [3.05, 3.63) is 24.3 Å². The van der Waals surface area contributed by atoms with E-state index in [0.29, 0.717) is 18.0 Å². The molecule has 2 N–H and O–H groups in total. The Morgan fingerprint density at radius 3 is 2.65 bits per heavy atom. The van der Waals surface area contributed by atoms with Gasteiger partial charge in [0.25, 0.3) is 0 Å². The van der Waals surface area contributed by atoms with Gasteiger partial charge in [-0.2, -0.15) is 0 Å². The molecule has 1 aromatic carbocycles. The number of anilines is 1. The molecule has 1 amide bonds. The van der Waals surface area contributed by atoms with E-state index in [1.54, 1.807) is 37.1 Å². The Hall–Kier alpha value is -2.08. The second-order valence-corrected chi connectivity index (χ2v) is 4.68. The number of amides is 1. The molecular formula is C14H20N2O4. The maximum atomic E-state index is 11.9. The van der Waals surface area contributed by atoms with Gasteiger partial charge >= 0.3 is 5.97 Å². The van der Waals surface area contributed by atoms with Crippen LogP contribution in [0.2, 0.25) is 0 Å². The smallest absolute Gasteiger partial charge is 0.307 e. The fraction of sp³-hybridized carbons (Fsp3) is 0.429. The summed E-state index contributed by atoms with van der Waals surface area (Å²) in [4.78, 5) is 24.3. The van der Waals surface area contributed by atoms with Gasteiger partial charge in [0.05, 0.1) is 25.3 Å². The predicted molar refractivity (Wildman–Crippen MR) is 75.9 cm³/mol. The molecule has 1 rings (SSSR count). The molecule has 0 saturated heterocycles. The van der Waals surface area contributed by atoms with E-state index in [2.05, 4.69) is 5.32 Å². The lowest BCUT2D eigenvalue weighted by atomic mass is 10.2. The van der Waals surface area contributed by atoms with Gasteiger partial charge in [0.2, 0.25) is 5.91 Å². The van der Waals surface area contributed by atoms with Crippen LogP contribution >= 0.6 is 0 Å². The number of methoxy groups -OCH3 is 1. The van der Waals surface area contributed by atoms with E-state index in [1.165, 1.54) is 7.11 Å². The van der Waals surface area contributed by atoms with Gasteiger partial charge in [0.15, 0.2) is 0 Å². The van der Waals surface area contributed by atoms with E-state index in [1.807, 2.05) is 6.07 Å². The molecule has 0 bridgehead atoms. The van der Waals surface area contributed by atoms with Crippen LogP contribution in [-0.4, -0.2) is 49.1 Å². The highest BCUT2D eigenvalue weighted by molar-refractivity contribution is 5.93. The second-order valence-electron chi connectivity index (χ2n) is 4.68. The molecule has 0 spiro atoms. The number of carbonyl (C=O) groups excluding carboxylic acids is 1. The quantitative estimate of drug-likeness (QED) is 0.786. The van der Waals surface area contributed by atoms with Gasteiger partial charge in [0, 0.05) is 6.54 Å². The Kier molecular flexibility index (Phi) is 5.99. The van der Waals surface area contributed by atoms with E-state index >= 15 is 0 Å². The molecule has 1 atom stereocenters. The SMILES string of the molecule is COc1ccccc1NC(=O)CN(C)CC(C)C(=O)O. The number of nitrogens with zero attached hydrogens (tertiary/aromatic N) is 1. The molecule has 0 radical (unpaired) electrons. The Labute approximate surface area is 118 Å². The lowest BCUT2D eigenvalue weighted by Crippen LogP contribution is -2.35. The second kappa shape index (κ2) is 7.49. The molecule has 1 aromatic rings. The van der Waals surface area contributed by atoms with Gasteiger partial charge in [-0.15, -0.1) is 0 Å². The van der Waals surface area contributed by atoms with Crippen molar-refractivity contribution in [2.45, 2.75) is 6.92 Å². The Morgan fingerprint density at radius 1 is 1.40 bits per heavy atom. The number of hydrogen-bond acceptors (Lipinski definition) is 4. The first-order valence-corrected chi connectivity index (χ1v) is 6.28. The zero-order valence-electron chi connectivity index (χ0n) is 11.9. The van der Waals surface area contributed by atoms with Gasteiger partial charge in [0.1, 0.15) is 5.75 Å². The molecule has 110 valence electrons. The standard InChI is InChI=1S/C14H20N2O4/c1-10(14(18)19)8-16(2)9-13(17)15-11-6-4-5-7-12(11)20-3/h4-7,10H,8-9H2,1-3H3,(H,15,17)(H,18,19). The molecule has 6 heteroatoms. The van der Waals surface area contributed by atoms with Crippen molar-refractivity contribution in [3.8, 4) is 5.75 Å². The fourth-order valence-corrected chi connectivity index (χ4v) is 1.79. The van der Waals surface area contributed by atoms with Crippen molar-refractivity contribution >= 4 is 17.6 Å². The fourth-order valence-electron chi connectivity index (χ4n) is 1.79. The average Bonchev–Trinajstić information content (AvgIpc) is 2.38. The summed E-state index contributed by atoms with van der Waals surface area (Å²) >= 11 is 0. The van der Waals surface area contributed by atoms with Gasteiger partial charge in [-0.25, -0.2) is 0 Å². The summed E-state index contributed by atoms with van der Waals surface area (Å²) in [5.74, 6) is -1.02. The summed E-state index contributed by atoms with van der Waals surface area (Å²) in [6, 6.07) is 7.12. The highest BCUT2D eigenvalue weighted by Gasteiger charge is 2.16. The third-order valence-corrected chi connectivity index (χ3v) is 2.80. The highest BCUT2D eigenvalue weighted by Crippen LogP contribution is 2.22. The van der Waals surface area contributed by atoms with Crippen LogP contribution in [0.1, 0.15) is 6.92 Å². The number of ether oxygens (including phenoxy) is 1. The van der Waals surface area contributed by atoms with E-state index < -0.39 is 11.9 Å². The Bertz CT molecular complexity index is 476. The monoisotopic (exact) mass is 280 g/mol. The predicted octanol–water partition coefficient (Wildman–Crippen LogP) is 1.29. The summed E-state index contributed by atoms with van der Waals surface area (Å²) < 4.78 is 5.14. The maximum Gasteiger partial charge on any atom is 0.307 e. The van der Waals surface area contributed by atoms with E-state index in [4.69, 9.17) is 9.84 Å². The molecule has 0 aromatic heterocycles. The van der Waals surface area contributed by atoms with Crippen LogP contribution in [0, 0.1) is 5.92 Å². The number of benzene rings is 1.